The van der Waals surface area contributed by atoms with Gasteiger partial charge in [-0.1, -0.05) is 243 Å². The fourth-order valence-corrected chi connectivity index (χ4v) is 9.87. The quantitative estimate of drug-likeness (QED) is 0.0215. The molecule has 11 nitrogen and oxygen atoms in total. The van der Waals surface area contributed by atoms with Gasteiger partial charge in [0.15, 0.2) is 6.29 Å². The molecule has 0 radical (unpaired) electrons. The Bertz CT molecular complexity index is 1280. The van der Waals surface area contributed by atoms with Crippen molar-refractivity contribution in [3.8, 4) is 0 Å². The number of rotatable bonds is 53. The van der Waals surface area contributed by atoms with Gasteiger partial charge >= 0.3 is 0 Å². The molecule has 8 N–H and O–H groups in total. The summed E-state index contributed by atoms with van der Waals surface area (Å²) < 4.78 is 11.1. The van der Waals surface area contributed by atoms with Crippen LogP contribution in [0.1, 0.15) is 284 Å². The number of amides is 1. The second-order valence-electron chi connectivity index (χ2n) is 21.8. The molecule has 430 valence electrons. The Morgan fingerprint density at radius 3 is 1.22 bits per heavy atom. The van der Waals surface area contributed by atoms with Crippen molar-refractivity contribution in [3.63, 3.8) is 0 Å². The molecule has 1 rings (SSSR count). The van der Waals surface area contributed by atoms with Crippen LogP contribution >= 0.6 is 0 Å². The maximum atomic E-state index is 13.2. The lowest BCUT2D eigenvalue weighted by molar-refractivity contribution is -0.303. The fraction of sp³-hybridized carbons (Fsp3) is 0.887. The van der Waals surface area contributed by atoms with Crippen LogP contribution in [0.4, 0.5) is 0 Å². The molecular weight excluding hydrogens is 919 g/mol. The highest BCUT2D eigenvalue weighted by Gasteiger charge is 2.44. The molecule has 1 aliphatic rings. The lowest BCUT2D eigenvalue weighted by Gasteiger charge is -2.40. The van der Waals surface area contributed by atoms with Gasteiger partial charge in [-0.05, 0) is 77.0 Å². The molecule has 1 aliphatic heterocycles. The van der Waals surface area contributed by atoms with Crippen LogP contribution in [0.2, 0.25) is 0 Å². The number of unbranched alkanes of at least 4 members (excludes halogenated alkanes) is 35. The molecule has 11 heteroatoms. The van der Waals surface area contributed by atoms with Crippen molar-refractivity contribution < 1.29 is 50.0 Å². The predicted octanol–water partition coefficient (Wildman–Crippen LogP) is 13.5. The topological polar surface area (TPSA) is 189 Å². The van der Waals surface area contributed by atoms with Crippen molar-refractivity contribution in [2.45, 2.75) is 339 Å². The molecule has 1 heterocycles. The first kappa shape index (κ1) is 69.3. The van der Waals surface area contributed by atoms with Crippen molar-refractivity contribution in [1.82, 2.24) is 5.32 Å². The number of hydrogen-bond acceptors (Lipinski definition) is 10. The van der Waals surface area contributed by atoms with E-state index in [0.29, 0.717) is 19.3 Å². The molecule has 0 aromatic rings. The van der Waals surface area contributed by atoms with Crippen LogP contribution in [0.25, 0.3) is 0 Å². The normalized spacial score (nSPS) is 20.2. The summed E-state index contributed by atoms with van der Waals surface area (Å²) in [6, 6.07) is -1.19. The van der Waals surface area contributed by atoms with Gasteiger partial charge in [0, 0.05) is 0 Å². The van der Waals surface area contributed by atoms with Gasteiger partial charge in [-0.3, -0.25) is 4.79 Å². The van der Waals surface area contributed by atoms with Gasteiger partial charge in [0.25, 0.3) is 0 Å². The number of aliphatic hydroxyl groups is 7. The zero-order valence-electron chi connectivity index (χ0n) is 47.1. The van der Waals surface area contributed by atoms with E-state index >= 15 is 0 Å². The Hall–Kier alpha value is -1.67. The highest BCUT2D eigenvalue weighted by atomic mass is 16.7. The maximum absolute atomic E-state index is 13.2. The minimum absolute atomic E-state index is 0.244. The monoisotopic (exact) mass is 1040 g/mol. The van der Waals surface area contributed by atoms with Gasteiger partial charge in [-0.2, -0.15) is 0 Å². The van der Waals surface area contributed by atoms with Crippen LogP contribution in [-0.2, 0) is 14.3 Å². The summed E-state index contributed by atoms with van der Waals surface area (Å²) in [6.07, 6.45) is 52.1. The van der Waals surface area contributed by atoms with Crippen molar-refractivity contribution in [2.24, 2.45) is 0 Å². The largest absolute Gasteiger partial charge is 0.394 e. The van der Waals surface area contributed by atoms with Gasteiger partial charge in [0.1, 0.15) is 36.6 Å². The third-order valence-electron chi connectivity index (χ3n) is 14.9. The van der Waals surface area contributed by atoms with E-state index in [9.17, 15) is 40.5 Å². The zero-order valence-corrected chi connectivity index (χ0v) is 47.1. The summed E-state index contributed by atoms with van der Waals surface area (Å²) in [7, 11) is 0. The van der Waals surface area contributed by atoms with Gasteiger partial charge in [-0.15, -0.1) is 0 Å². The second-order valence-corrected chi connectivity index (χ2v) is 21.8. The van der Waals surface area contributed by atoms with Crippen LogP contribution in [0.3, 0.4) is 0 Å². The summed E-state index contributed by atoms with van der Waals surface area (Å²) in [5, 5.41) is 76.2. The summed E-state index contributed by atoms with van der Waals surface area (Å²) in [6.45, 7) is 3.47. The van der Waals surface area contributed by atoms with Crippen LogP contribution in [-0.4, -0.2) is 110 Å². The van der Waals surface area contributed by atoms with Gasteiger partial charge in [0.05, 0.1) is 25.4 Å². The highest BCUT2D eigenvalue weighted by molar-refractivity contribution is 5.80. The average Bonchev–Trinajstić information content (AvgIpc) is 3.39. The van der Waals surface area contributed by atoms with Crippen LogP contribution in [0.5, 0.6) is 0 Å². The molecule has 0 saturated carbocycles. The first-order chi connectivity index (χ1) is 35.7. The summed E-state index contributed by atoms with van der Waals surface area (Å²) in [5.41, 5.74) is 0. The third-order valence-corrected chi connectivity index (χ3v) is 14.9. The zero-order chi connectivity index (χ0) is 53.3. The number of carbonyl (C=O) groups is 1. The Morgan fingerprint density at radius 1 is 0.466 bits per heavy atom. The minimum atomic E-state index is -1.67. The summed E-state index contributed by atoms with van der Waals surface area (Å²) >= 11 is 0. The minimum Gasteiger partial charge on any atom is -0.394 e. The van der Waals surface area contributed by atoms with E-state index in [4.69, 9.17) is 9.47 Å². The Kier molecular flexibility index (Phi) is 48.5. The van der Waals surface area contributed by atoms with E-state index in [1.165, 1.54) is 180 Å². The van der Waals surface area contributed by atoms with E-state index in [0.717, 1.165) is 57.8 Å². The highest BCUT2D eigenvalue weighted by Crippen LogP contribution is 2.23. The molecular formula is C62H117NO10. The molecule has 1 saturated heterocycles. The van der Waals surface area contributed by atoms with Crippen LogP contribution in [0.15, 0.2) is 36.5 Å². The Morgan fingerprint density at radius 2 is 0.822 bits per heavy atom. The van der Waals surface area contributed by atoms with Gasteiger partial charge in [0.2, 0.25) is 5.91 Å². The van der Waals surface area contributed by atoms with E-state index in [1.807, 2.05) is 0 Å². The number of nitrogens with one attached hydrogen (secondary N) is 1. The molecule has 9 unspecified atom stereocenters. The molecule has 0 aromatic carbocycles. The number of ether oxygens (including phenoxy) is 2. The molecule has 0 spiro atoms. The van der Waals surface area contributed by atoms with Crippen LogP contribution in [0, 0.1) is 0 Å². The van der Waals surface area contributed by atoms with E-state index in [2.05, 4.69) is 55.6 Å². The van der Waals surface area contributed by atoms with Crippen molar-refractivity contribution in [3.05, 3.63) is 36.5 Å². The molecule has 9 atom stereocenters. The Balaban J connectivity index is 2.32. The first-order valence-corrected chi connectivity index (χ1v) is 30.9. The molecule has 0 aromatic heterocycles. The number of aliphatic hydroxyl groups excluding tert-OH is 7. The molecule has 73 heavy (non-hydrogen) atoms. The number of carbonyl (C=O) groups excluding carboxylic acids is 1. The molecule has 1 amide bonds. The van der Waals surface area contributed by atoms with Crippen molar-refractivity contribution in [2.75, 3.05) is 13.2 Å². The van der Waals surface area contributed by atoms with Gasteiger partial charge in [-0.25, -0.2) is 0 Å². The van der Waals surface area contributed by atoms with E-state index in [1.54, 1.807) is 0 Å². The van der Waals surface area contributed by atoms with E-state index in [-0.39, 0.29) is 12.8 Å². The lowest BCUT2D eigenvalue weighted by atomic mass is 9.98. The predicted molar refractivity (Wildman–Crippen MR) is 302 cm³/mol. The lowest BCUT2D eigenvalue weighted by Crippen LogP contribution is -2.60. The maximum Gasteiger partial charge on any atom is 0.249 e. The number of hydrogen-bond donors (Lipinski definition) is 8. The summed E-state index contributed by atoms with van der Waals surface area (Å²) in [5.74, 6) is -0.712. The first-order valence-electron chi connectivity index (χ1n) is 30.9. The van der Waals surface area contributed by atoms with Crippen molar-refractivity contribution >= 4 is 5.91 Å². The average molecular weight is 1040 g/mol. The van der Waals surface area contributed by atoms with E-state index < -0.39 is 74.2 Å². The smallest absolute Gasteiger partial charge is 0.249 e. The van der Waals surface area contributed by atoms with Crippen LogP contribution < -0.4 is 5.32 Å². The Labute approximate surface area is 447 Å². The fourth-order valence-electron chi connectivity index (χ4n) is 9.87. The number of allylic oxidation sites excluding steroid dienone is 6. The molecule has 1 fully saturated rings. The summed E-state index contributed by atoms with van der Waals surface area (Å²) in [4.78, 5) is 13.2. The molecule has 0 bridgehead atoms. The standard InChI is InChI=1S/C62H117NO10/c1-3-5-7-9-11-13-15-17-19-21-23-25-27-28-30-31-33-35-37-39-41-43-45-47-49-54(65)57(67)53(52-72-62-60(70)59(69)58(68)56(51-64)73-62)63-61(71)55(66)50-48-46-44-42-40-38-36-34-32-29-26-24-22-20-18-16-14-12-10-8-6-4-2/h32-35,41,43,53-60,62,64-70H,3-31,36-40,42,44-52H2,1-2H3,(H,63,71)/b34-32-,35-33+,43-41+. The van der Waals surface area contributed by atoms with Crippen molar-refractivity contribution in [1.29, 1.82) is 0 Å². The molecule has 0 aliphatic carbocycles. The second kappa shape index (κ2) is 51.1. The van der Waals surface area contributed by atoms with Gasteiger partial charge < -0.3 is 50.5 Å². The SMILES string of the molecule is CCCCCCCCCCCCCC/C=C\CCCCCCCCC(O)C(=O)NC(COC1OC(CO)C(O)C(O)C1O)C(O)C(O)CCC/C=C/CC/C=C/CCCCCCCCCCCCCCCCC. The third kappa shape index (κ3) is 39.4.